The summed E-state index contributed by atoms with van der Waals surface area (Å²) in [6.07, 6.45) is 2.24. The van der Waals surface area contributed by atoms with Crippen LogP contribution in [0.2, 0.25) is 0 Å². The molecule has 3 aliphatic rings. The molecule has 294 valence electrons. The van der Waals surface area contributed by atoms with E-state index in [0.717, 1.165) is 0 Å². The van der Waals surface area contributed by atoms with Gasteiger partial charge >= 0.3 is 5.97 Å². The van der Waals surface area contributed by atoms with Gasteiger partial charge in [-0.3, -0.25) is 14.4 Å². The number of Topliss-reactive ketones (excluding diaryl/α,β-unsaturated/α-hetero) is 1. The third kappa shape index (κ3) is 12.9. The Kier molecular flexibility index (Phi) is 17.2. The van der Waals surface area contributed by atoms with E-state index >= 15 is 0 Å². The predicted octanol–water partition coefficient (Wildman–Crippen LogP) is 0.323. The smallest absolute Gasteiger partial charge is 0.311 e. The van der Waals surface area contributed by atoms with Gasteiger partial charge in [-0.05, 0) is 33.1 Å². The topological polar surface area (TPSA) is 262 Å². The van der Waals surface area contributed by atoms with E-state index in [2.05, 4.69) is 0 Å². The maximum absolute atomic E-state index is 12.8. The Morgan fingerprint density at radius 3 is 2.33 bits per heavy atom. The number of hydrogen-bond donors (Lipinski definition) is 8. The van der Waals surface area contributed by atoms with E-state index in [1.54, 1.807) is 63.3 Å². The van der Waals surface area contributed by atoms with Gasteiger partial charge in [-0.25, -0.2) is 0 Å². The molecule has 2 saturated heterocycles. The van der Waals surface area contributed by atoms with Gasteiger partial charge in [-0.15, -0.1) is 0 Å². The number of cyclic esters (lactones) is 1. The third-order valence-electron chi connectivity index (χ3n) is 9.71. The maximum Gasteiger partial charge on any atom is 0.311 e. The number of aliphatic hydroxyl groups is 6. The second kappa shape index (κ2) is 20.6. The normalized spacial score (nSPS) is 43.5. The highest BCUT2D eigenvalue weighted by Crippen LogP contribution is 2.38. The molecule has 0 aromatic heterocycles. The molecule has 15 nitrogen and oxygen atoms in total. The first-order valence-electron chi connectivity index (χ1n) is 18.1. The van der Waals surface area contributed by atoms with Crippen molar-refractivity contribution in [2.24, 2.45) is 23.3 Å². The number of nitrogens with two attached hydrogens (primary N) is 2. The van der Waals surface area contributed by atoms with E-state index in [1.165, 1.54) is 0 Å². The van der Waals surface area contributed by atoms with Crippen LogP contribution in [-0.2, 0) is 33.3 Å². The quantitative estimate of drug-likeness (QED) is 0.181. The first-order valence-corrected chi connectivity index (χ1v) is 18.1. The van der Waals surface area contributed by atoms with Crippen LogP contribution in [0.5, 0.6) is 0 Å². The van der Waals surface area contributed by atoms with Crippen molar-refractivity contribution in [1.82, 2.24) is 0 Å². The monoisotopic (exact) mass is 738 g/mol. The standard InChI is InChI=1S/C37H58N2O13/c1-4-26-27(42)17-23(40)14-12-15-24(41)19-37(48)20-28(43)30(34(39)46)29(52-37)18-25(51-36-33(45)31(38)32(44)22(3)50-36)16-11-9-7-5-6-8-10-13-21(2)49-35(26)47/h5-11,16,21-22,24-33,36,41-45,48H,4,12-15,17-20,38H2,1-3H3,(H2,39,46)/b6-5+,9-7+,10-8+,16-11+/t21-,22+,24+,25-,26-,27+,28-,29?,30+,31-,32+,33-,36-,37+/m0/s1. The number of allylic oxidation sites excluding steroid dienone is 6. The number of fused-ring (bicyclic) bond motifs is 2. The lowest BCUT2D eigenvalue weighted by atomic mass is 9.82. The van der Waals surface area contributed by atoms with Gasteiger partial charge in [0.2, 0.25) is 5.91 Å². The second-order valence-electron chi connectivity index (χ2n) is 14.1. The van der Waals surface area contributed by atoms with Gasteiger partial charge in [-0.2, -0.15) is 0 Å². The van der Waals surface area contributed by atoms with Crippen LogP contribution in [0.15, 0.2) is 48.6 Å². The lowest BCUT2D eigenvalue weighted by molar-refractivity contribution is -0.306. The van der Waals surface area contributed by atoms with Crippen molar-refractivity contribution in [2.75, 3.05) is 0 Å². The molecule has 14 atom stereocenters. The van der Waals surface area contributed by atoms with Crippen molar-refractivity contribution < 1.29 is 64.0 Å². The zero-order valence-electron chi connectivity index (χ0n) is 30.2. The number of hydrogen-bond acceptors (Lipinski definition) is 14. The molecule has 52 heavy (non-hydrogen) atoms. The number of ether oxygens (including phenoxy) is 4. The number of carbonyl (C=O) groups excluding carboxylic acids is 3. The minimum atomic E-state index is -2.10. The van der Waals surface area contributed by atoms with Gasteiger partial charge in [0, 0.05) is 38.5 Å². The summed E-state index contributed by atoms with van der Waals surface area (Å²) in [4.78, 5) is 38.0. The Labute approximate surface area is 304 Å². The van der Waals surface area contributed by atoms with Gasteiger partial charge in [-0.1, -0.05) is 55.5 Å². The maximum atomic E-state index is 12.8. The molecular weight excluding hydrogens is 680 g/mol. The summed E-state index contributed by atoms with van der Waals surface area (Å²) in [5.74, 6) is -6.04. The first kappa shape index (κ1) is 43.6. The van der Waals surface area contributed by atoms with Gasteiger partial charge < -0.3 is 61.1 Å². The molecule has 3 aliphatic heterocycles. The Morgan fingerprint density at radius 1 is 0.981 bits per heavy atom. The fraction of sp³-hybridized carbons (Fsp3) is 0.703. The van der Waals surface area contributed by atoms with Crippen molar-refractivity contribution >= 4 is 17.7 Å². The van der Waals surface area contributed by atoms with E-state index < -0.39 is 103 Å². The average molecular weight is 739 g/mol. The van der Waals surface area contributed by atoms with Crippen LogP contribution in [0.1, 0.15) is 78.6 Å². The number of ketones is 1. The summed E-state index contributed by atoms with van der Waals surface area (Å²) in [5.41, 5.74) is 11.7. The number of esters is 1. The summed E-state index contributed by atoms with van der Waals surface area (Å²) < 4.78 is 23.3. The molecule has 0 aliphatic carbocycles. The van der Waals surface area contributed by atoms with Crippen LogP contribution >= 0.6 is 0 Å². The Bertz CT molecular complexity index is 1290. The SMILES string of the molecule is CC[C@@H]1C(=O)O[C@@H](C)C/C=C/C=C/C=C/C=C/[C@H](O[C@@H]2O[C@H](C)[C@@H](O)[C@H](N)[C@@H]2O)CC2O[C@](O)(C[C@H](O)CCCC(=O)C[C@H]1O)C[C@H](O)[C@H]2C(N)=O. The molecular formula is C37H58N2O13. The van der Waals surface area contributed by atoms with E-state index in [0.29, 0.717) is 6.42 Å². The molecule has 0 spiro atoms. The van der Waals surface area contributed by atoms with Crippen LogP contribution in [-0.4, -0.2) is 121 Å². The Hall–Kier alpha value is -2.83. The van der Waals surface area contributed by atoms with Crippen LogP contribution < -0.4 is 11.5 Å². The number of rotatable bonds is 4. The zero-order chi connectivity index (χ0) is 38.6. The first-order chi connectivity index (χ1) is 24.5. The van der Waals surface area contributed by atoms with E-state index in [-0.39, 0.29) is 50.7 Å². The van der Waals surface area contributed by atoms with Crippen LogP contribution in [0.25, 0.3) is 0 Å². The lowest BCUT2D eigenvalue weighted by Gasteiger charge is -2.45. The van der Waals surface area contributed by atoms with Gasteiger partial charge in [0.25, 0.3) is 0 Å². The molecule has 2 bridgehead atoms. The second-order valence-corrected chi connectivity index (χ2v) is 14.1. The summed E-state index contributed by atoms with van der Waals surface area (Å²) in [7, 11) is 0. The number of amides is 1. The number of primary amides is 1. The van der Waals surface area contributed by atoms with Crippen molar-refractivity contribution in [3.05, 3.63) is 48.6 Å². The molecule has 10 N–H and O–H groups in total. The summed E-state index contributed by atoms with van der Waals surface area (Å²) in [6, 6.07) is -1.08. The average Bonchev–Trinajstić information content (AvgIpc) is 3.04. The Morgan fingerprint density at radius 2 is 1.65 bits per heavy atom. The largest absolute Gasteiger partial charge is 0.462 e. The van der Waals surface area contributed by atoms with Gasteiger partial charge in [0.15, 0.2) is 12.1 Å². The van der Waals surface area contributed by atoms with E-state index in [1.807, 2.05) is 6.08 Å². The predicted molar refractivity (Wildman–Crippen MR) is 188 cm³/mol. The molecule has 2 fully saturated rings. The Balaban J connectivity index is 1.88. The zero-order valence-corrected chi connectivity index (χ0v) is 30.2. The fourth-order valence-electron chi connectivity index (χ4n) is 6.77. The molecule has 0 saturated carbocycles. The molecule has 3 rings (SSSR count). The highest BCUT2D eigenvalue weighted by molar-refractivity contribution is 5.80. The summed E-state index contributed by atoms with van der Waals surface area (Å²) >= 11 is 0. The molecule has 1 unspecified atom stereocenters. The third-order valence-corrected chi connectivity index (χ3v) is 9.71. The molecule has 1 amide bonds. The fourth-order valence-corrected chi connectivity index (χ4v) is 6.77. The molecule has 3 heterocycles. The molecule has 0 aromatic rings. The van der Waals surface area contributed by atoms with Crippen LogP contribution in [0.3, 0.4) is 0 Å². The molecule has 15 heteroatoms. The van der Waals surface area contributed by atoms with E-state index in [9.17, 15) is 45.0 Å². The minimum Gasteiger partial charge on any atom is -0.462 e. The molecule has 0 aromatic carbocycles. The minimum absolute atomic E-state index is 0.00318. The van der Waals surface area contributed by atoms with Crippen molar-refractivity contribution in [2.45, 2.75) is 152 Å². The van der Waals surface area contributed by atoms with Crippen molar-refractivity contribution in [3.8, 4) is 0 Å². The van der Waals surface area contributed by atoms with E-state index in [4.69, 9.17) is 30.4 Å². The number of carbonyl (C=O) groups is 3. The van der Waals surface area contributed by atoms with Crippen LogP contribution in [0.4, 0.5) is 0 Å². The van der Waals surface area contributed by atoms with Crippen molar-refractivity contribution in [3.63, 3.8) is 0 Å². The van der Waals surface area contributed by atoms with Crippen molar-refractivity contribution in [1.29, 1.82) is 0 Å². The van der Waals surface area contributed by atoms with Gasteiger partial charge in [0.05, 0.1) is 60.6 Å². The lowest BCUT2D eigenvalue weighted by Crippen LogP contribution is -2.61. The number of aliphatic hydroxyl groups excluding tert-OH is 5. The van der Waals surface area contributed by atoms with Crippen LogP contribution in [0, 0.1) is 11.8 Å². The summed E-state index contributed by atoms with van der Waals surface area (Å²) in [6.45, 7) is 5.03. The summed E-state index contributed by atoms with van der Waals surface area (Å²) in [5, 5.41) is 65.0. The highest BCUT2D eigenvalue weighted by Gasteiger charge is 2.50. The molecule has 0 radical (unpaired) electrons. The van der Waals surface area contributed by atoms with Gasteiger partial charge in [0.1, 0.15) is 18.0 Å². The highest BCUT2D eigenvalue weighted by atomic mass is 16.7.